The summed E-state index contributed by atoms with van der Waals surface area (Å²) >= 11 is 0. The zero-order valence-electron chi connectivity index (χ0n) is 32.0. The molecule has 12 aromatic rings. The van der Waals surface area contributed by atoms with Crippen molar-refractivity contribution < 1.29 is 8.83 Å². The van der Waals surface area contributed by atoms with Crippen molar-refractivity contribution in [1.82, 2.24) is 0 Å². The summed E-state index contributed by atoms with van der Waals surface area (Å²) in [4.78, 5) is 2.33. The van der Waals surface area contributed by atoms with E-state index in [0.717, 1.165) is 77.8 Å². The summed E-state index contributed by atoms with van der Waals surface area (Å²) in [6, 6.07) is 75.5. The van der Waals surface area contributed by atoms with Gasteiger partial charge in [-0.2, -0.15) is 0 Å². The summed E-state index contributed by atoms with van der Waals surface area (Å²) in [7, 11) is 0. The molecule has 0 aliphatic heterocycles. The molecule has 12 rings (SSSR count). The van der Waals surface area contributed by atoms with Gasteiger partial charge in [-0.05, 0) is 86.1 Å². The van der Waals surface area contributed by atoms with Crippen LogP contribution in [0, 0.1) is 0 Å². The van der Waals surface area contributed by atoms with E-state index < -0.39 is 0 Å². The molecule has 0 unspecified atom stereocenters. The zero-order valence-corrected chi connectivity index (χ0v) is 32.0. The van der Waals surface area contributed by atoms with Gasteiger partial charge in [0.2, 0.25) is 0 Å². The summed E-state index contributed by atoms with van der Waals surface area (Å²) < 4.78 is 13.7. The first-order valence-electron chi connectivity index (χ1n) is 20.1. The summed E-state index contributed by atoms with van der Waals surface area (Å²) in [5.74, 6) is 0.856. The fourth-order valence-electron chi connectivity index (χ4n) is 9.15. The third-order valence-corrected chi connectivity index (χ3v) is 11.8. The van der Waals surface area contributed by atoms with Crippen LogP contribution in [-0.2, 0) is 0 Å². The maximum atomic E-state index is 7.07. The first-order valence-corrected chi connectivity index (χ1v) is 20.1. The second kappa shape index (κ2) is 13.4. The molecule has 0 amide bonds. The minimum atomic E-state index is 0.849. The van der Waals surface area contributed by atoms with Crippen molar-refractivity contribution in [3.05, 3.63) is 212 Å². The summed E-state index contributed by atoms with van der Waals surface area (Å²) in [6.45, 7) is 0. The number of rotatable bonds is 6. The molecule has 2 heterocycles. The Kier molecular flexibility index (Phi) is 7.54. The molecule has 10 aromatic carbocycles. The van der Waals surface area contributed by atoms with Gasteiger partial charge in [-0.25, -0.2) is 0 Å². The standard InChI is InChI=1S/C56H35NO2/c1-3-14-36(15-4-1)37-26-29-41(30-27-37)57(43-31-32-49-51(35-43)58-50-33-28-38-16-7-8-21-44(38)53(49)50)42-20-13-19-40(34-42)52-54-47-24-11-9-22-45(47)46-23-10-12-25-48(46)56(54)59-55(52)39-17-5-2-6-18-39/h1-35H. The Hall–Kier alpha value is -7.88. The fraction of sp³-hybridized carbons (Fsp3) is 0. The van der Waals surface area contributed by atoms with Crippen LogP contribution in [0.5, 0.6) is 0 Å². The fourth-order valence-corrected chi connectivity index (χ4v) is 9.15. The molecule has 2 aromatic heterocycles. The Morgan fingerprint density at radius 2 is 0.898 bits per heavy atom. The van der Waals surface area contributed by atoms with Crippen LogP contribution in [0.15, 0.2) is 221 Å². The van der Waals surface area contributed by atoms with Crippen LogP contribution in [0.1, 0.15) is 0 Å². The second-order valence-electron chi connectivity index (χ2n) is 15.2. The van der Waals surface area contributed by atoms with Crippen molar-refractivity contribution in [2.45, 2.75) is 0 Å². The van der Waals surface area contributed by atoms with Gasteiger partial charge in [-0.1, -0.05) is 164 Å². The molecule has 0 aliphatic carbocycles. The van der Waals surface area contributed by atoms with Crippen molar-refractivity contribution in [3.63, 3.8) is 0 Å². The van der Waals surface area contributed by atoms with Crippen molar-refractivity contribution in [2.75, 3.05) is 4.90 Å². The lowest BCUT2D eigenvalue weighted by Gasteiger charge is -2.26. The van der Waals surface area contributed by atoms with Crippen molar-refractivity contribution in [3.8, 4) is 33.6 Å². The molecule has 0 N–H and O–H groups in total. The average molecular weight is 754 g/mol. The molecule has 3 nitrogen and oxygen atoms in total. The van der Waals surface area contributed by atoms with E-state index in [0.29, 0.717) is 0 Å². The van der Waals surface area contributed by atoms with Gasteiger partial charge in [0.25, 0.3) is 0 Å². The summed E-state index contributed by atoms with van der Waals surface area (Å²) in [5.41, 5.74) is 11.2. The zero-order chi connectivity index (χ0) is 38.9. The van der Waals surface area contributed by atoms with Gasteiger partial charge >= 0.3 is 0 Å². The second-order valence-corrected chi connectivity index (χ2v) is 15.2. The van der Waals surface area contributed by atoms with Gasteiger partial charge < -0.3 is 13.7 Å². The van der Waals surface area contributed by atoms with Crippen LogP contribution in [-0.4, -0.2) is 0 Å². The number of hydrogen-bond donors (Lipinski definition) is 0. The van der Waals surface area contributed by atoms with E-state index >= 15 is 0 Å². The Bertz CT molecular complexity index is 3540. The van der Waals surface area contributed by atoms with Crippen LogP contribution >= 0.6 is 0 Å². The lowest BCUT2D eigenvalue weighted by Crippen LogP contribution is -2.10. The molecule has 0 bridgehead atoms. The molecule has 0 spiro atoms. The Morgan fingerprint density at radius 3 is 1.68 bits per heavy atom. The molecular weight excluding hydrogens is 719 g/mol. The highest BCUT2D eigenvalue weighted by Crippen LogP contribution is 2.49. The van der Waals surface area contributed by atoms with E-state index in [1.807, 2.05) is 0 Å². The Balaban J connectivity index is 1.10. The smallest absolute Gasteiger partial charge is 0.143 e. The van der Waals surface area contributed by atoms with Gasteiger partial charge in [0.15, 0.2) is 0 Å². The van der Waals surface area contributed by atoms with E-state index in [2.05, 4.69) is 217 Å². The molecule has 3 heteroatoms. The predicted molar refractivity (Wildman–Crippen MR) is 247 cm³/mol. The minimum absolute atomic E-state index is 0.849. The molecule has 0 radical (unpaired) electrons. The van der Waals surface area contributed by atoms with Crippen molar-refractivity contribution >= 4 is 82.3 Å². The summed E-state index contributed by atoms with van der Waals surface area (Å²) in [5, 5.41) is 10.4. The number of anilines is 3. The van der Waals surface area contributed by atoms with E-state index in [1.165, 1.54) is 38.1 Å². The minimum Gasteiger partial charge on any atom is -0.456 e. The number of fused-ring (bicyclic) bond motifs is 11. The van der Waals surface area contributed by atoms with Crippen LogP contribution in [0.25, 0.3) is 98.8 Å². The van der Waals surface area contributed by atoms with Crippen LogP contribution in [0.4, 0.5) is 17.1 Å². The lowest BCUT2D eigenvalue weighted by atomic mass is 9.92. The average Bonchev–Trinajstić information content (AvgIpc) is 3.90. The van der Waals surface area contributed by atoms with Crippen molar-refractivity contribution in [2.24, 2.45) is 0 Å². The molecule has 0 fully saturated rings. The third-order valence-electron chi connectivity index (χ3n) is 11.8. The number of nitrogens with zero attached hydrogens (tertiary/aromatic N) is 1. The maximum absolute atomic E-state index is 7.07. The Labute approximate surface area is 340 Å². The molecular formula is C56H35NO2. The normalized spacial score (nSPS) is 11.7. The molecule has 0 saturated heterocycles. The van der Waals surface area contributed by atoms with E-state index in [9.17, 15) is 0 Å². The van der Waals surface area contributed by atoms with Crippen LogP contribution in [0.3, 0.4) is 0 Å². The molecule has 59 heavy (non-hydrogen) atoms. The van der Waals surface area contributed by atoms with Crippen LogP contribution < -0.4 is 4.90 Å². The maximum Gasteiger partial charge on any atom is 0.143 e. The topological polar surface area (TPSA) is 29.5 Å². The molecule has 0 saturated carbocycles. The van der Waals surface area contributed by atoms with E-state index in [1.54, 1.807) is 0 Å². The van der Waals surface area contributed by atoms with Gasteiger partial charge in [0.05, 0.1) is 0 Å². The monoisotopic (exact) mass is 753 g/mol. The van der Waals surface area contributed by atoms with Gasteiger partial charge in [-0.15, -0.1) is 0 Å². The highest BCUT2D eigenvalue weighted by molar-refractivity contribution is 6.28. The molecule has 0 atom stereocenters. The summed E-state index contributed by atoms with van der Waals surface area (Å²) in [6.07, 6.45) is 0. The lowest BCUT2D eigenvalue weighted by molar-refractivity contribution is 0.636. The van der Waals surface area contributed by atoms with Gasteiger partial charge in [0.1, 0.15) is 22.5 Å². The first-order chi connectivity index (χ1) is 29.3. The highest BCUT2D eigenvalue weighted by atomic mass is 16.3. The van der Waals surface area contributed by atoms with Gasteiger partial charge in [-0.3, -0.25) is 0 Å². The predicted octanol–water partition coefficient (Wildman–Crippen LogP) is 16.3. The molecule has 276 valence electrons. The van der Waals surface area contributed by atoms with Gasteiger partial charge in [0, 0.05) is 55.8 Å². The number of benzene rings is 10. The quantitative estimate of drug-likeness (QED) is 0.158. The molecule has 0 aliphatic rings. The van der Waals surface area contributed by atoms with Crippen molar-refractivity contribution in [1.29, 1.82) is 0 Å². The first kappa shape index (κ1) is 33.3. The van der Waals surface area contributed by atoms with E-state index in [4.69, 9.17) is 8.83 Å². The largest absolute Gasteiger partial charge is 0.456 e. The number of furan rings is 2. The third kappa shape index (κ3) is 5.36. The number of hydrogen-bond acceptors (Lipinski definition) is 3. The van der Waals surface area contributed by atoms with Crippen LogP contribution in [0.2, 0.25) is 0 Å². The van der Waals surface area contributed by atoms with E-state index in [-0.39, 0.29) is 0 Å². The Morgan fingerprint density at radius 1 is 0.305 bits per heavy atom. The SMILES string of the molecule is c1ccc(-c2ccc(N(c3cccc(-c4c(-c5ccccc5)oc5c6ccccc6c6ccccc6c45)c3)c3ccc4c(c3)oc3ccc5ccccc5c34)cc2)cc1. The highest BCUT2D eigenvalue weighted by Gasteiger charge is 2.24.